The second-order valence-electron chi connectivity index (χ2n) is 4.25. The first kappa shape index (κ1) is 15.4. The number of hydrogen-bond donors (Lipinski definition) is 1. The summed E-state index contributed by atoms with van der Waals surface area (Å²) in [6, 6.07) is 7.25. The summed E-state index contributed by atoms with van der Waals surface area (Å²) in [7, 11) is 1.56. The monoisotopic (exact) mass is 307 g/mol. The molecule has 0 bridgehead atoms. The van der Waals surface area contributed by atoms with Crippen molar-refractivity contribution < 1.29 is 13.9 Å². The Kier molecular flexibility index (Phi) is 5.62. The normalized spacial score (nSPS) is 10.4. The lowest BCUT2D eigenvalue weighted by Crippen LogP contribution is -2.14. The zero-order valence-electron chi connectivity index (χ0n) is 12.0. The van der Waals surface area contributed by atoms with E-state index in [-0.39, 0.29) is 11.7 Å². The van der Waals surface area contributed by atoms with E-state index in [2.05, 4.69) is 15.5 Å². The first-order valence-corrected chi connectivity index (χ1v) is 7.59. The van der Waals surface area contributed by atoms with E-state index in [1.807, 2.05) is 19.1 Å². The molecule has 1 aromatic carbocycles. The molecule has 112 valence electrons. The van der Waals surface area contributed by atoms with Crippen LogP contribution < -0.4 is 10.1 Å². The minimum atomic E-state index is -0.153. The van der Waals surface area contributed by atoms with Crippen molar-refractivity contribution in [2.75, 3.05) is 18.2 Å². The Hall–Kier alpha value is -2.02. The van der Waals surface area contributed by atoms with E-state index in [1.165, 1.54) is 11.8 Å². The number of ether oxygens (including phenoxy) is 1. The summed E-state index contributed by atoms with van der Waals surface area (Å²) in [5.41, 5.74) is 0.641. The number of aryl methyl sites for hydroxylation is 1. The molecule has 0 aliphatic carbocycles. The zero-order chi connectivity index (χ0) is 15.1. The van der Waals surface area contributed by atoms with Gasteiger partial charge in [-0.25, -0.2) is 0 Å². The number of rotatable bonds is 7. The third kappa shape index (κ3) is 4.49. The van der Waals surface area contributed by atoms with Crippen LogP contribution in [0.1, 0.15) is 19.2 Å². The van der Waals surface area contributed by atoms with Gasteiger partial charge in [-0.2, -0.15) is 0 Å². The number of amides is 1. The first-order chi connectivity index (χ1) is 10.2. The van der Waals surface area contributed by atoms with E-state index in [9.17, 15) is 4.79 Å². The molecular weight excluding hydrogens is 290 g/mol. The van der Waals surface area contributed by atoms with Crippen molar-refractivity contribution in [3.05, 3.63) is 30.2 Å². The largest absolute Gasteiger partial charge is 0.495 e. The molecule has 0 spiro atoms. The van der Waals surface area contributed by atoms with E-state index >= 15 is 0 Å². The van der Waals surface area contributed by atoms with Crippen LogP contribution in [0.2, 0.25) is 0 Å². The summed E-state index contributed by atoms with van der Waals surface area (Å²) in [5, 5.41) is 11.0. The van der Waals surface area contributed by atoms with Crippen LogP contribution in [0.25, 0.3) is 0 Å². The molecule has 1 amide bonds. The summed E-state index contributed by atoms with van der Waals surface area (Å²) >= 11 is 1.21. The van der Waals surface area contributed by atoms with E-state index in [0.717, 1.165) is 12.8 Å². The molecule has 6 nitrogen and oxygen atoms in total. The number of carbonyl (C=O) groups is 1. The molecule has 21 heavy (non-hydrogen) atoms. The van der Waals surface area contributed by atoms with Gasteiger partial charge in [-0.3, -0.25) is 4.79 Å². The minimum absolute atomic E-state index is 0.153. The minimum Gasteiger partial charge on any atom is -0.495 e. The predicted octanol–water partition coefficient (Wildman–Crippen LogP) is 2.76. The Balaban J connectivity index is 1.86. The highest BCUT2D eigenvalue weighted by atomic mass is 32.2. The number of nitrogens with zero attached hydrogens (tertiary/aromatic N) is 2. The van der Waals surface area contributed by atoms with E-state index in [1.54, 1.807) is 19.2 Å². The van der Waals surface area contributed by atoms with Crippen LogP contribution in [0.3, 0.4) is 0 Å². The number of thioether (sulfide) groups is 1. The highest BCUT2D eigenvalue weighted by Gasteiger charge is 2.11. The zero-order valence-corrected chi connectivity index (χ0v) is 12.8. The fourth-order valence-corrected chi connectivity index (χ4v) is 2.25. The van der Waals surface area contributed by atoms with Gasteiger partial charge in [0.15, 0.2) is 0 Å². The summed E-state index contributed by atoms with van der Waals surface area (Å²) in [6.45, 7) is 2.04. The van der Waals surface area contributed by atoms with Crippen molar-refractivity contribution in [1.82, 2.24) is 10.2 Å². The van der Waals surface area contributed by atoms with Crippen LogP contribution in [-0.4, -0.2) is 29.0 Å². The van der Waals surface area contributed by atoms with Crippen LogP contribution in [0.4, 0.5) is 5.69 Å². The highest BCUT2D eigenvalue weighted by Crippen LogP contribution is 2.24. The third-order valence-electron chi connectivity index (χ3n) is 2.62. The molecule has 0 aliphatic rings. The number of carbonyl (C=O) groups excluding carboxylic acids is 1. The smallest absolute Gasteiger partial charge is 0.277 e. The molecule has 0 fully saturated rings. The lowest BCUT2D eigenvalue weighted by atomic mass is 10.3. The molecule has 1 heterocycles. The molecule has 0 unspecified atom stereocenters. The van der Waals surface area contributed by atoms with Crippen molar-refractivity contribution in [3.8, 4) is 5.75 Å². The van der Waals surface area contributed by atoms with Gasteiger partial charge in [-0.1, -0.05) is 30.8 Å². The van der Waals surface area contributed by atoms with Gasteiger partial charge in [0, 0.05) is 6.42 Å². The molecule has 2 rings (SSSR count). The Labute approximate surface area is 127 Å². The Morgan fingerprint density at radius 1 is 1.38 bits per heavy atom. The van der Waals surface area contributed by atoms with E-state index in [4.69, 9.17) is 9.15 Å². The second-order valence-corrected chi connectivity index (χ2v) is 5.18. The summed E-state index contributed by atoms with van der Waals surface area (Å²) in [4.78, 5) is 11.9. The molecule has 0 radical (unpaired) electrons. The topological polar surface area (TPSA) is 77.2 Å². The molecule has 2 aromatic rings. The SMILES string of the molecule is CCCc1nnc(SCC(=O)Nc2ccccc2OC)o1. The fraction of sp³-hybridized carbons (Fsp3) is 0.357. The van der Waals surface area contributed by atoms with Crippen LogP contribution in [0.15, 0.2) is 33.9 Å². The molecule has 0 saturated heterocycles. The molecule has 1 N–H and O–H groups in total. The number of para-hydroxylation sites is 2. The highest BCUT2D eigenvalue weighted by molar-refractivity contribution is 7.99. The van der Waals surface area contributed by atoms with Crippen LogP contribution in [0, 0.1) is 0 Å². The van der Waals surface area contributed by atoms with Crippen molar-refractivity contribution in [1.29, 1.82) is 0 Å². The third-order valence-corrected chi connectivity index (χ3v) is 3.44. The predicted molar refractivity (Wildman–Crippen MR) is 80.6 cm³/mol. The maximum Gasteiger partial charge on any atom is 0.277 e. The average Bonchev–Trinajstić information content (AvgIpc) is 2.94. The maximum absolute atomic E-state index is 11.9. The van der Waals surface area contributed by atoms with Crippen LogP contribution >= 0.6 is 11.8 Å². The first-order valence-electron chi connectivity index (χ1n) is 6.61. The van der Waals surface area contributed by atoms with Gasteiger partial charge >= 0.3 is 0 Å². The number of benzene rings is 1. The molecule has 7 heteroatoms. The van der Waals surface area contributed by atoms with Gasteiger partial charge in [0.1, 0.15) is 5.75 Å². The van der Waals surface area contributed by atoms with Gasteiger partial charge in [0.25, 0.3) is 5.22 Å². The molecular formula is C14H17N3O3S. The van der Waals surface area contributed by atoms with E-state index < -0.39 is 0 Å². The Bertz CT molecular complexity index is 601. The Morgan fingerprint density at radius 3 is 2.95 bits per heavy atom. The van der Waals surface area contributed by atoms with E-state index in [0.29, 0.717) is 22.6 Å². The second kappa shape index (κ2) is 7.68. The van der Waals surface area contributed by atoms with Crippen molar-refractivity contribution in [3.63, 3.8) is 0 Å². The van der Waals surface area contributed by atoms with Gasteiger partial charge < -0.3 is 14.5 Å². The fourth-order valence-electron chi connectivity index (χ4n) is 1.67. The van der Waals surface area contributed by atoms with Crippen LogP contribution in [0.5, 0.6) is 5.75 Å². The number of nitrogens with one attached hydrogen (secondary N) is 1. The molecule has 0 atom stereocenters. The number of methoxy groups -OCH3 is 1. The lowest BCUT2D eigenvalue weighted by Gasteiger charge is -2.08. The quantitative estimate of drug-likeness (QED) is 0.793. The van der Waals surface area contributed by atoms with Crippen molar-refractivity contribution >= 4 is 23.4 Å². The summed E-state index contributed by atoms with van der Waals surface area (Å²) < 4.78 is 10.6. The lowest BCUT2D eigenvalue weighted by molar-refractivity contribution is -0.113. The maximum atomic E-state index is 11.9. The van der Waals surface area contributed by atoms with Gasteiger partial charge in [-0.15, -0.1) is 10.2 Å². The van der Waals surface area contributed by atoms with Gasteiger partial charge in [0.2, 0.25) is 11.8 Å². The van der Waals surface area contributed by atoms with Crippen molar-refractivity contribution in [2.24, 2.45) is 0 Å². The average molecular weight is 307 g/mol. The number of hydrogen-bond acceptors (Lipinski definition) is 6. The molecule has 0 aliphatic heterocycles. The van der Waals surface area contributed by atoms with Gasteiger partial charge in [-0.05, 0) is 18.6 Å². The number of anilines is 1. The van der Waals surface area contributed by atoms with Gasteiger partial charge in [0.05, 0.1) is 18.6 Å². The summed E-state index contributed by atoms with van der Waals surface area (Å²) in [6.07, 6.45) is 1.70. The number of aromatic nitrogens is 2. The summed E-state index contributed by atoms with van der Waals surface area (Å²) in [5.74, 6) is 1.27. The Morgan fingerprint density at radius 2 is 2.19 bits per heavy atom. The standard InChI is InChI=1S/C14H17N3O3S/c1-3-6-13-16-17-14(20-13)21-9-12(18)15-10-7-4-5-8-11(10)19-2/h4-5,7-8H,3,6,9H2,1-2H3,(H,15,18). The molecule has 0 saturated carbocycles. The van der Waals surface area contributed by atoms with Crippen molar-refractivity contribution in [2.45, 2.75) is 25.0 Å². The van der Waals surface area contributed by atoms with Crippen LogP contribution in [-0.2, 0) is 11.2 Å². The molecule has 1 aromatic heterocycles.